The van der Waals surface area contributed by atoms with Gasteiger partial charge in [0.1, 0.15) is 6.04 Å². The van der Waals surface area contributed by atoms with Crippen LogP contribution in [0.2, 0.25) is 0 Å². The first kappa shape index (κ1) is 14.3. The second-order valence-corrected chi connectivity index (χ2v) is 5.28. The van der Waals surface area contributed by atoms with E-state index in [4.69, 9.17) is 10.8 Å². The summed E-state index contributed by atoms with van der Waals surface area (Å²) in [6, 6.07) is -1.39. The van der Waals surface area contributed by atoms with Gasteiger partial charge in [-0.25, -0.2) is 13.1 Å². The van der Waals surface area contributed by atoms with Crippen molar-refractivity contribution in [3.63, 3.8) is 0 Å². The fourth-order valence-electron chi connectivity index (χ4n) is 0.791. The molecule has 0 amide bonds. The minimum Gasteiger partial charge on any atom is -0.480 e. The molecule has 15 heavy (non-hydrogen) atoms. The summed E-state index contributed by atoms with van der Waals surface area (Å²) >= 11 is 0. The summed E-state index contributed by atoms with van der Waals surface area (Å²) in [6.07, 6.45) is 0. The van der Waals surface area contributed by atoms with E-state index in [0.717, 1.165) is 0 Å². The van der Waals surface area contributed by atoms with E-state index in [0.29, 0.717) is 6.54 Å². The number of carbonyl (C=O) groups is 1. The second-order valence-electron chi connectivity index (χ2n) is 3.42. The highest BCUT2D eigenvalue weighted by Crippen LogP contribution is 1.89. The molecule has 90 valence electrons. The van der Waals surface area contributed by atoms with Gasteiger partial charge in [-0.2, -0.15) is 0 Å². The van der Waals surface area contributed by atoms with Crippen LogP contribution in [0.15, 0.2) is 0 Å². The number of carboxylic acids is 1. The molecule has 1 atom stereocenters. The number of nitrogens with one attached hydrogen (secondary N) is 1. The molecular formula is C7H17N3O4S. The molecule has 0 radical (unpaired) electrons. The predicted octanol–water partition coefficient (Wildman–Crippen LogP) is -2.12. The van der Waals surface area contributed by atoms with E-state index in [9.17, 15) is 13.2 Å². The molecule has 0 aliphatic carbocycles. The smallest absolute Gasteiger partial charge is 0.321 e. The number of hydrogen-bond acceptors (Lipinski definition) is 5. The summed E-state index contributed by atoms with van der Waals surface area (Å²) in [5.41, 5.74) is 5.11. The summed E-state index contributed by atoms with van der Waals surface area (Å²) in [5, 5.41) is 8.43. The molecule has 0 spiro atoms. The van der Waals surface area contributed by atoms with Crippen LogP contribution in [0.5, 0.6) is 0 Å². The van der Waals surface area contributed by atoms with Crippen LogP contribution in [0.3, 0.4) is 0 Å². The van der Waals surface area contributed by atoms with Gasteiger partial charge in [0.15, 0.2) is 0 Å². The molecule has 0 heterocycles. The zero-order valence-corrected chi connectivity index (χ0v) is 9.62. The number of aliphatic carboxylic acids is 1. The van der Waals surface area contributed by atoms with Gasteiger partial charge in [-0.1, -0.05) is 0 Å². The molecule has 0 aromatic carbocycles. The van der Waals surface area contributed by atoms with E-state index in [2.05, 4.69) is 4.72 Å². The van der Waals surface area contributed by atoms with Crippen molar-refractivity contribution in [1.29, 1.82) is 0 Å². The zero-order chi connectivity index (χ0) is 12.1. The zero-order valence-electron chi connectivity index (χ0n) is 8.80. The summed E-state index contributed by atoms with van der Waals surface area (Å²) in [7, 11) is 0.00172. The van der Waals surface area contributed by atoms with Crippen molar-refractivity contribution in [1.82, 2.24) is 9.62 Å². The Morgan fingerprint density at radius 1 is 1.53 bits per heavy atom. The van der Waals surface area contributed by atoms with Crippen molar-refractivity contribution in [2.24, 2.45) is 5.73 Å². The van der Waals surface area contributed by atoms with Crippen LogP contribution in [0.25, 0.3) is 0 Å². The van der Waals surface area contributed by atoms with E-state index < -0.39 is 27.8 Å². The van der Waals surface area contributed by atoms with Crippen molar-refractivity contribution in [3.8, 4) is 0 Å². The molecule has 7 nitrogen and oxygen atoms in total. The third kappa shape index (κ3) is 7.25. The highest BCUT2D eigenvalue weighted by molar-refractivity contribution is 7.89. The summed E-state index contributed by atoms with van der Waals surface area (Å²) < 4.78 is 24.8. The average molecular weight is 239 g/mol. The molecule has 0 unspecified atom stereocenters. The van der Waals surface area contributed by atoms with E-state index in [1.54, 1.807) is 19.0 Å². The number of sulfonamides is 1. The Morgan fingerprint density at radius 2 is 2.07 bits per heavy atom. The van der Waals surface area contributed by atoms with Crippen LogP contribution in [-0.2, 0) is 14.8 Å². The van der Waals surface area contributed by atoms with Crippen molar-refractivity contribution >= 4 is 16.0 Å². The number of nitrogens with zero attached hydrogens (tertiary/aromatic N) is 1. The minimum atomic E-state index is -3.60. The van der Waals surface area contributed by atoms with Crippen LogP contribution < -0.4 is 10.5 Å². The fraction of sp³-hybridized carbons (Fsp3) is 0.857. The van der Waals surface area contributed by atoms with Gasteiger partial charge < -0.3 is 15.7 Å². The number of likely N-dealkylation sites (N-methyl/N-ethyl adjacent to an activating group) is 1. The highest BCUT2D eigenvalue weighted by Gasteiger charge is 2.20. The second kappa shape index (κ2) is 6.01. The van der Waals surface area contributed by atoms with E-state index >= 15 is 0 Å². The lowest BCUT2D eigenvalue weighted by atomic mass is 10.4. The van der Waals surface area contributed by atoms with Crippen molar-refractivity contribution in [2.75, 3.05) is 32.9 Å². The Morgan fingerprint density at radius 3 is 2.47 bits per heavy atom. The average Bonchev–Trinajstić information content (AvgIpc) is 2.01. The summed E-state index contributed by atoms with van der Waals surface area (Å²) in [6.45, 7) is 0.781. The quantitative estimate of drug-likeness (QED) is 0.468. The van der Waals surface area contributed by atoms with Gasteiger partial charge in [-0.05, 0) is 14.1 Å². The van der Waals surface area contributed by atoms with Gasteiger partial charge in [-0.3, -0.25) is 4.79 Å². The maximum atomic E-state index is 11.3. The van der Waals surface area contributed by atoms with Crippen LogP contribution in [-0.4, -0.2) is 63.4 Å². The molecule has 0 saturated carbocycles. The van der Waals surface area contributed by atoms with E-state index in [1.807, 2.05) is 0 Å². The minimum absolute atomic E-state index is 0.238. The lowest BCUT2D eigenvalue weighted by Crippen LogP contribution is -2.42. The topological polar surface area (TPSA) is 113 Å². The molecule has 0 saturated heterocycles. The van der Waals surface area contributed by atoms with Gasteiger partial charge >= 0.3 is 5.97 Å². The molecule has 0 fully saturated rings. The maximum Gasteiger partial charge on any atom is 0.321 e. The third-order valence-corrected chi connectivity index (χ3v) is 3.04. The first-order chi connectivity index (χ1) is 6.74. The van der Waals surface area contributed by atoms with Gasteiger partial charge in [0.25, 0.3) is 0 Å². The Labute approximate surface area is 89.3 Å². The lowest BCUT2D eigenvalue weighted by molar-refractivity contribution is -0.137. The molecule has 0 aromatic heterocycles. The first-order valence-electron chi connectivity index (χ1n) is 4.35. The molecule has 0 aliphatic rings. The number of hydrogen-bond donors (Lipinski definition) is 3. The van der Waals surface area contributed by atoms with E-state index in [1.165, 1.54) is 0 Å². The predicted molar refractivity (Wildman–Crippen MR) is 56.0 cm³/mol. The largest absolute Gasteiger partial charge is 0.480 e. The molecule has 0 aliphatic heterocycles. The van der Waals surface area contributed by atoms with Crippen LogP contribution in [0, 0.1) is 0 Å². The monoisotopic (exact) mass is 239 g/mol. The van der Waals surface area contributed by atoms with Crippen molar-refractivity contribution in [3.05, 3.63) is 0 Å². The molecule has 8 heteroatoms. The van der Waals surface area contributed by atoms with Crippen LogP contribution >= 0.6 is 0 Å². The molecule has 0 rings (SSSR count). The van der Waals surface area contributed by atoms with E-state index in [-0.39, 0.29) is 6.54 Å². The maximum absolute atomic E-state index is 11.3. The SMILES string of the molecule is CN(C)CCNS(=O)(=O)C[C@H](N)C(=O)O. The van der Waals surface area contributed by atoms with Crippen molar-refractivity contribution < 1.29 is 18.3 Å². The van der Waals surface area contributed by atoms with Crippen LogP contribution in [0.4, 0.5) is 0 Å². The Hall–Kier alpha value is -0.700. The molecular weight excluding hydrogens is 222 g/mol. The lowest BCUT2D eigenvalue weighted by Gasteiger charge is -2.12. The summed E-state index contributed by atoms with van der Waals surface area (Å²) in [4.78, 5) is 12.1. The number of carboxylic acid groups (broad SMARTS) is 1. The van der Waals surface area contributed by atoms with Gasteiger partial charge in [0.05, 0.1) is 5.75 Å². The third-order valence-electron chi connectivity index (χ3n) is 1.60. The van der Waals surface area contributed by atoms with Gasteiger partial charge in [-0.15, -0.1) is 0 Å². The summed E-state index contributed by atoms with van der Waals surface area (Å²) in [5.74, 6) is -1.93. The normalized spacial score (nSPS) is 14.1. The standard InChI is InChI=1S/C7H17N3O4S/c1-10(2)4-3-9-15(13,14)5-6(8)7(11)12/h6,9H,3-5,8H2,1-2H3,(H,11,12)/t6-/m0/s1. The van der Waals surface area contributed by atoms with Crippen LogP contribution in [0.1, 0.15) is 0 Å². The Balaban J connectivity index is 4.03. The fourth-order valence-corrected chi connectivity index (χ4v) is 1.93. The van der Waals surface area contributed by atoms with Gasteiger partial charge in [0.2, 0.25) is 10.0 Å². The molecule has 0 aromatic rings. The highest BCUT2D eigenvalue weighted by atomic mass is 32.2. The van der Waals surface area contributed by atoms with Crippen molar-refractivity contribution in [2.45, 2.75) is 6.04 Å². The number of rotatable bonds is 7. The number of nitrogens with two attached hydrogens (primary N) is 1. The molecule has 0 bridgehead atoms. The Bertz CT molecular complexity index is 301. The first-order valence-corrected chi connectivity index (χ1v) is 6.00. The molecule has 4 N–H and O–H groups in total. The Kier molecular flexibility index (Phi) is 5.73. The van der Waals surface area contributed by atoms with Gasteiger partial charge in [0, 0.05) is 13.1 Å².